The number of para-hydroxylation sites is 2. The molecule has 194 valence electrons. The van der Waals surface area contributed by atoms with Gasteiger partial charge in [0.15, 0.2) is 0 Å². The number of rotatable bonds is 5. The molecule has 5 rings (SSSR count). The van der Waals surface area contributed by atoms with Gasteiger partial charge in [0.25, 0.3) is 0 Å². The standard InChI is InChI=1S/C32H44N2O2/c1-29(2,3)24-13-9-11-21(27(24)35)18-33-20-32(16-15-23-17-26(32)31(23,7)8)34-19-22-12-10-14-25(28(22)36)30(4,5)6/h9-14,18-19,23,26,35-36H,15-17,20H2,1-8H3/t23-,26+,32+/m0/s1. The highest BCUT2D eigenvalue weighted by atomic mass is 16.3. The molecule has 4 nitrogen and oxygen atoms in total. The number of benzene rings is 2. The molecule has 36 heavy (non-hydrogen) atoms. The quantitative estimate of drug-likeness (QED) is 0.430. The van der Waals surface area contributed by atoms with Crippen LogP contribution in [-0.4, -0.2) is 34.7 Å². The van der Waals surface area contributed by atoms with Gasteiger partial charge >= 0.3 is 0 Å². The summed E-state index contributed by atoms with van der Waals surface area (Å²) in [6, 6.07) is 11.8. The van der Waals surface area contributed by atoms with Crippen LogP contribution in [0.15, 0.2) is 46.4 Å². The number of phenols is 2. The van der Waals surface area contributed by atoms with E-state index in [2.05, 4.69) is 55.4 Å². The van der Waals surface area contributed by atoms with Crippen molar-refractivity contribution in [3.05, 3.63) is 58.7 Å². The zero-order valence-electron chi connectivity index (χ0n) is 23.4. The Labute approximate surface area is 217 Å². The SMILES string of the molecule is CC(C)(C)c1cccc(C=NC[C@]2(N=Cc3cccc(C(C)(C)C)c3O)CC[C@H]3C[C@@H]2C3(C)C)c1O. The van der Waals surface area contributed by atoms with Crippen LogP contribution >= 0.6 is 0 Å². The van der Waals surface area contributed by atoms with Crippen LogP contribution in [0.1, 0.15) is 96.9 Å². The van der Waals surface area contributed by atoms with Crippen molar-refractivity contribution in [2.24, 2.45) is 27.2 Å². The largest absolute Gasteiger partial charge is 0.507 e. The summed E-state index contributed by atoms with van der Waals surface area (Å²) in [5.74, 6) is 1.82. The highest BCUT2D eigenvalue weighted by Crippen LogP contribution is 2.64. The second-order valence-corrected chi connectivity index (χ2v) is 13.7. The Morgan fingerprint density at radius 3 is 1.86 bits per heavy atom. The van der Waals surface area contributed by atoms with Crippen molar-refractivity contribution in [3.8, 4) is 11.5 Å². The molecule has 0 radical (unpaired) electrons. The molecule has 3 fully saturated rings. The first-order chi connectivity index (χ1) is 16.7. The van der Waals surface area contributed by atoms with Gasteiger partial charge in [0.1, 0.15) is 11.5 Å². The van der Waals surface area contributed by atoms with Gasteiger partial charge in [-0.25, -0.2) is 0 Å². The van der Waals surface area contributed by atoms with E-state index >= 15 is 0 Å². The Hall–Kier alpha value is -2.62. The van der Waals surface area contributed by atoms with Crippen molar-refractivity contribution < 1.29 is 10.2 Å². The van der Waals surface area contributed by atoms with Crippen molar-refractivity contribution in [2.45, 2.75) is 91.0 Å². The number of hydrogen-bond donors (Lipinski definition) is 2. The van der Waals surface area contributed by atoms with E-state index in [9.17, 15) is 10.2 Å². The fourth-order valence-corrected chi connectivity index (χ4v) is 6.44. The first-order valence-corrected chi connectivity index (χ1v) is 13.4. The predicted molar refractivity (Wildman–Crippen MR) is 151 cm³/mol. The Morgan fingerprint density at radius 1 is 0.861 bits per heavy atom. The van der Waals surface area contributed by atoms with Gasteiger partial charge in [-0.05, 0) is 70.6 Å². The summed E-state index contributed by atoms with van der Waals surface area (Å²) in [6.45, 7) is 18.0. The van der Waals surface area contributed by atoms with E-state index in [0.29, 0.717) is 24.0 Å². The van der Waals surface area contributed by atoms with Crippen LogP contribution in [0.2, 0.25) is 0 Å². The van der Waals surface area contributed by atoms with Crippen LogP contribution in [0.3, 0.4) is 0 Å². The molecule has 0 heterocycles. The minimum Gasteiger partial charge on any atom is -0.507 e. The number of phenolic OH excluding ortho intramolecular Hbond substituents is 2. The predicted octanol–water partition coefficient (Wildman–Crippen LogP) is 7.43. The number of nitrogens with zero attached hydrogens (tertiary/aromatic N) is 2. The third kappa shape index (κ3) is 4.71. The van der Waals surface area contributed by atoms with Crippen molar-refractivity contribution >= 4 is 12.4 Å². The van der Waals surface area contributed by atoms with Crippen molar-refractivity contribution in [1.29, 1.82) is 0 Å². The molecule has 4 heteroatoms. The number of aliphatic imine (C=N–C) groups is 2. The maximum Gasteiger partial charge on any atom is 0.128 e. The summed E-state index contributed by atoms with van der Waals surface area (Å²) >= 11 is 0. The van der Waals surface area contributed by atoms with E-state index < -0.39 is 0 Å². The van der Waals surface area contributed by atoms with Gasteiger partial charge in [-0.15, -0.1) is 0 Å². The minimum atomic E-state index is -0.309. The van der Waals surface area contributed by atoms with Crippen LogP contribution in [-0.2, 0) is 10.8 Å². The first kappa shape index (κ1) is 26.4. The van der Waals surface area contributed by atoms with Gasteiger partial charge in [0, 0.05) is 23.6 Å². The molecule has 2 aromatic carbocycles. The van der Waals surface area contributed by atoms with Gasteiger partial charge in [-0.3, -0.25) is 9.98 Å². The number of fused-ring (bicyclic) bond motifs is 2. The second kappa shape index (κ2) is 9.04. The average Bonchev–Trinajstić information content (AvgIpc) is 2.78. The fourth-order valence-electron chi connectivity index (χ4n) is 6.44. The minimum absolute atomic E-state index is 0.141. The fraction of sp³-hybridized carbons (Fsp3) is 0.562. The van der Waals surface area contributed by atoms with Crippen molar-refractivity contribution in [1.82, 2.24) is 0 Å². The van der Waals surface area contributed by atoms with E-state index in [1.54, 1.807) is 0 Å². The number of hydrogen-bond acceptors (Lipinski definition) is 4. The molecular formula is C32H44N2O2. The summed E-state index contributed by atoms with van der Waals surface area (Å²) in [6.07, 6.45) is 7.02. The smallest absolute Gasteiger partial charge is 0.128 e. The van der Waals surface area contributed by atoms with Crippen LogP contribution in [0.25, 0.3) is 0 Å². The molecule has 3 saturated carbocycles. The van der Waals surface area contributed by atoms with E-state index in [1.807, 2.05) is 48.8 Å². The molecule has 2 aromatic rings. The first-order valence-electron chi connectivity index (χ1n) is 13.4. The molecule has 3 aliphatic carbocycles. The summed E-state index contributed by atoms with van der Waals surface area (Å²) in [7, 11) is 0. The van der Waals surface area contributed by atoms with Crippen molar-refractivity contribution in [3.63, 3.8) is 0 Å². The van der Waals surface area contributed by atoms with Crippen LogP contribution in [0, 0.1) is 17.3 Å². The summed E-state index contributed by atoms with van der Waals surface area (Å²) in [4.78, 5) is 10.1. The zero-order chi connectivity index (χ0) is 26.5. The molecule has 2 bridgehead atoms. The summed E-state index contributed by atoms with van der Waals surface area (Å²) in [5, 5.41) is 21.9. The normalized spacial score (nSPS) is 25.9. The van der Waals surface area contributed by atoms with Gasteiger partial charge in [-0.1, -0.05) is 79.7 Å². The molecule has 0 aliphatic heterocycles. The Bertz CT molecular complexity index is 1180. The lowest BCUT2D eigenvalue weighted by atomic mass is 9.43. The average molecular weight is 489 g/mol. The van der Waals surface area contributed by atoms with Gasteiger partial charge in [0.2, 0.25) is 0 Å². The zero-order valence-corrected chi connectivity index (χ0v) is 23.4. The van der Waals surface area contributed by atoms with Gasteiger partial charge < -0.3 is 10.2 Å². The highest BCUT2D eigenvalue weighted by molar-refractivity contribution is 5.85. The third-order valence-electron chi connectivity index (χ3n) is 8.85. The van der Waals surface area contributed by atoms with Gasteiger partial charge in [0.05, 0.1) is 12.1 Å². The highest BCUT2D eigenvalue weighted by Gasteiger charge is 2.61. The van der Waals surface area contributed by atoms with E-state index in [1.165, 1.54) is 6.42 Å². The van der Waals surface area contributed by atoms with E-state index in [-0.39, 0.29) is 21.8 Å². The van der Waals surface area contributed by atoms with Crippen molar-refractivity contribution in [2.75, 3.05) is 6.54 Å². The maximum atomic E-state index is 11.0. The second-order valence-electron chi connectivity index (χ2n) is 13.7. The van der Waals surface area contributed by atoms with E-state index in [0.717, 1.165) is 41.0 Å². The van der Waals surface area contributed by atoms with Gasteiger partial charge in [-0.2, -0.15) is 0 Å². The molecule has 3 atom stereocenters. The lowest BCUT2D eigenvalue weighted by Gasteiger charge is -2.63. The Morgan fingerprint density at radius 2 is 1.39 bits per heavy atom. The lowest BCUT2D eigenvalue weighted by molar-refractivity contribution is -0.112. The molecule has 2 N–H and O–H groups in total. The van der Waals surface area contributed by atoms with Crippen LogP contribution < -0.4 is 0 Å². The molecule has 0 aromatic heterocycles. The topological polar surface area (TPSA) is 65.2 Å². The summed E-state index contributed by atoms with van der Waals surface area (Å²) in [5.41, 5.74) is 3.00. The molecule has 0 amide bonds. The molecule has 0 saturated heterocycles. The number of aromatic hydroxyl groups is 2. The maximum absolute atomic E-state index is 11.0. The summed E-state index contributed by atoms with van der Waals surface area (Å²) < 4.78 is 0. The Kier molecular flexibility index (Phi) is 6.64. The monoisotopic (exact) mass is 488 g/mol. The molecule has 0 spiro atoms. The molecular weight excluding hydrogens is 444 g/mol. The molecule has 0 unspecified atom stereocenters. The Balaban J connectivity index is 1.67. The lowest BCUT2D eigenvalue weighted by Crippen LogP contribution is -2.61. The van der Waals surface area contributed by atoms with Crippen LogP contribution in [0.5, 0.6) is 11.5 Å². The molecule has 3 aliphatic rings. The van der Waals surface area contributed by atoms with E-state index in [4.69, 9.17) is 9.98 Å². The van der Waals surface area contributed by atoms with Crippen LogP contribution in [0.4, 0.5) is 0 Å². The third-order valence-corrected chi connectivity index (χ3v) is 8.85.